The van der Waals surface area contributed by atoms with E-state index in [1.54, 1.807) is 12.1 Å². The van der Waals surface area contributed by atoms with Gasteiger partial charge >= 0.3 is 11.9 Å². The number of β-amino-alcohol motifs (C(OH)–C–C–N with tert-alkyl or cyclic N) is 1. The molecule has 0 aliphatic heterocycles. The number of aliphatic carboxylic acids is 2. The number of hydrogen-bond acceptors (Lipinski definition) is 6. The normalized spacial score (nSPS) is 12.0. The summed E-state index contributed by atoms with van der Waals surface area (Å²) in [5.41, 5.74) is 1.05. The van der Waals surface area contributed by atoms with Crippen LogP contribution in [0.2, 0.25) is 0 Å². The van der Waals surface area contributed by atoms with Gasteiger partial charge in [0.1, 0.15) is 5.75 Å². The molecule has 8 nitrogen and oxygen atoms in total. The van der Waals surface area contributed by atoms with E-state index in [0.717, 1.165) is 0 Å². The standard InChI is InChI=1S/C13H21NO3.C4H6O4/c1-13(2,3)14-7-12(17)9-4-5-11(16)10(6-9)8-15;5-3(6)1-2-4(7)8/h4-6,12,14-17H,7-8H2,1-3H3;1-2H2,(H,5,6)(H,7,8). The first-order valence-electron chi connectivity index (χ1n) is 7.75. The molecule has 1 unspecified atom stereocenters. The number of benzene rings is 1. The van der Waals surface area contributed by atoms with Crippen molar-refractivity contribution < 1.29 is 35.1 Å². The number of carboxylic acids is 2. The Labute approximate surface area is 146 Å². The van der Waals surface area contributed by atoms with Gasteiger partial charge in [-0.15, -0.1) is 0 Å². The van der Waals surface area contributed by atoms with Crippen molar-refractivity contribution in [1.29, 1.82) is 0 Å². The predicted octanol–water partition coefficient (Wildman–Crippen LogP) is 1.24. The van der Waals surface area contributed by atoms with E-state index >= 15 is 0 Å². The van der Waals surface area contributed by atoms with Gasteiger partial charge in [0.25, 0.3) is 0 Å². The van der Waals surface area contributed by atoms with E-state index in [0.29, 0.717) is 17.7 Å². The lowest BCUT2D eigenvalue weighted by Gasteiger charge is -2.23. The molecule has 1 rings (SSSR count). The molecule has 0 aliphatic rings. The van der Waals surface area contributed by atoms with Gasteiger partial charge in [0.05, 0.1) is 25.6 Å². The van der Waals surface area contributed by atoms with Crippen LogP contribution in [0.5, 0.6) is 5.75 Å². The zero-order valence-corrected chi connectivity index (χ0v) is 14.7. The van der Waals surface area contributed by atoms with Crippen LogP contribution in [-0.4, -0.2) is 49.6 Å². The molecule has 0 aliphatic carbocycles. The molecule has 1 aromatic rings. The smallest absolute Gasteiger partial charge is 0.303 e. The molecule has 8 heteroatoms. The summed E-state index contributed by atoms with van der Waals surface area (Å²) in [5.74, 6) is -2.10. The molecule has 1 aromatic carbocycles. The first-order valence-corrected chi connectivity index (χ1v) is 7.75. The van der Waals surface area contributed by atoms with Gasteiger partial charge in [-0.3, -0.25) is 9.59 Å². The average molecular weight is 357 g/mol. The molecule has 0 radical (unpaired) electrons. The highest BCUT2D eigenvalue weighted by Crippen LogP contribution is 2.22. The Morgan fingerprint density at radius 1 is 1.12 bits per heavy atom. The summed E-state index contributed by atoms with van der Waals surface area (Å²) < 4.78 is 0. The molecular weight excluding hydrogens is 330 g/mol. The third-order valence-corrected chi connectivity index (χ3v) is 3.04. The quantitative estimate of drug-likeness (QED) is 0.427. The summed E-state index contributed by atoms with van der Waals surface area (Å²) in [6.45, 7) is 6.26. The number of carboxylic acid groups (broad SMARTS) is 2. The molecule has 0 amide bonds. The molecule has 0 fully saturated rings. The van der Waals surface area contributed by atoms with Gasteiger partial charge in [0.2, 0.25) is 0 Å². The van der Waals surface area contributed by atoms with Gasteiger partial charge in [0, 0.05) is 17.6 Å². The number of aromatic hydroxyl groups is 1. The van der Waals surface area contributed by atoms with Gasteiger partial charge in [-0.05, 0) is 38.5 Å². The lowest BCUT2D eigenvalue weighted by Crippen LogP contribution is -2.38. The molecular formula is C17H27NO7. The monoisotopic (exact) mass is 357 g/mol. The Kier molecular flexibility index (Phi) is 9.73. The van der Waals surface area contributed by atoms with Crippen molar-refractivity contribution in [2.45, 2.75) is 51.9 Å². The van der Waals surface area contributed by atoms with Crippen LogP contribution in [0.1, 0.15) is 50.8 Å². The van der Waals surface area contributed by atoms with Crippen molar-refractivity contribution in [2.75, 3.05) is 6.54 Å². The van der Waals surface area contributed by atoms with Crippen LogP contribution in [0.25, 0.3) is 0 Å². The van der Waals surface area contributed by atoms with Crippen LogP contribution in [0.15, 0.2) is 18.2 Å². The maximum absolute atomic E-state index is 9.97. The van der Waals surface area contributed by atoms with Crippen LogP contribution in [0.4, 0.5) is 0 Å². The summed E-state index contributed by atoms with van der Waals surface area (Å²) in [7, 11) is 0. The summed E-state index contributed by atoms with van der Waals surface area (Å²) in [6, 6.07) is 4.76. The summed E-state index contributed by atoms with van der Waals surface area (Å²) in [5, 5.41) is 47.4. The average Bonchev–Trinajstić information content (AvgIpc) is 2.51. The van der Waals surface area contributed by atoms with Crippen molar-refractivity contribution in [3.8, 4) is 5.75 Å². The van der Waals surface area contributed by atoms with Crippen LogP contribution >= 0.6 is 0 Å². The lowest BCUT2D eigenvalue weighted by molar-refractivity contribution is -0.143. The zero-order chi connectivity index (χ0) is 19.6. The highest BCUT2D eigenvalue weighted by Gasteiger charge is 2.14. The van der Waals surface area contributed by atoms with Gasteiger partial charge in [-0.1, -0.05) is 6.07 Å². The number of rotatable bonds is 7. The second-order valence-corrected chi connectivity index (χ2v) is 6.48. The van der Waals surface area contributed by atoms with E-state index < -0.39 is 18.0 Å². The molecule has 0 saturated heterocycles. The number of aliphatic hydroxyl groups excluding tert-OH is 2. The maximum atomic E-state index is 9.97. The molecule has 0 spiro atoms. The van der Waals surface area contributed by atoms with Gasteiger partial charge in [0.15, 0.2) is 0 Å². The number of carbonyl (C=O) groups is 2. The Bertz CT molecular complexity index is 553. The Balaban J connectivity index is 0.000000609. The molecule has 6 N–H and O–H groups in total. The van der Waals surface area contributed by atoms with Gasteiger partial charge < -0.3 is 30.8 Å². The van der Waals surface area contributed by atoms with Crippen LogP contribution in [0.3, 0.4) is 0 Å². The van der Waals surface area contributed by atoms with E-state index in [2.05, 4.69) is 5.32 Å². The van der Waals surface area contributed by atoms with Crippen LogP contribution in [-0.2, 0) is 16.2 Å². The van der Waals surface area contributed by atoms with Crippen molar-refractivity contribution in [3.05, 3.63) is 29.3 Å². The number of nitrogens with one attached hydrogen (secondary N) is 1. The van der Waals surface area contributed by atoms with Gasteiger partial charge in [-0.25, -0.2) is 0 Å². The summed E-state index contributed by atoms with van der Waals surface area (Å²) >= 11 is 0. The minimum absolute atomic E-state index is 0.0484. The predicted molar refractivity (Wildman–Crippen MR) is 91.3 cm³/mol. The van der Waals surface area contributed by atoms with Crippen molar-refractivity contribution in [3.63, 3.8) is 0 Å². The fourth-order valence-corrected chi connectivity index (χ4v) is 1.67. The highest BCUT2D eigenvalue weighted by molar-refractivity contribution is 5.75. The Hall–Kier alpha value is -2.16. The fourth-order valence-electron chi connectivity index (χ4n) is 1.67. The van der Waals surface area contributed by atoms with E-state index in [9.17, 15) is 19.8 Å². The molecule has 0 heterocycles. The lowest BCUT2D eigenvalue weighted by atomic mass is 10.0. The first kappa shape index (κ1) is 22.8. The van der Waals surface area contributed by atoms with Gasteiger partial charge in [-0.2, -0.15) is 0 Å². The Morgan fingerprint density at radius 2 is 1.64 bits per heavy atom. The van der Waals surface area contributed by atoms with E-state index in [4.69, 9.17) is 15.3 Å². The van der Waals surface area contributed by atoms with E-state index in [1.165, 1.54) is 6.07 Å². The SMILES string of the molecule is CC(C)(C)NCC(O)c1ccc(O)c(CO)c1.O=C(O)CCC(=O)O. The summed E-state index contributed by atoms with van der Waals surface area (Å²) in [6.07, 6.45) is -1.25. The third-order valence-electron chi connectivity index (χ3n) is 3.04. The number of aliphatic hydroxyl groups is 2. The third kappa shape index (κ3) is 11.1. The molecule has 142 valence electrons. The highest BCUT2D eigenvalue weighted by atomic mass is 16.4. The van der Waals surface area contributed by atoms with Crippen molar-refractivity contribution in [2.24, 2.45) is 0 Å². The number of hydrogen-bond donors (Lipinski definition) is 6. The second kappa shape index (κ2) is 10.7. The van der Waals surface area contributed by atoms with Crippen LogP contribution < -0.4 is 5.32 Å². The minimum Gasteiger partial charge on any atom is -0.508 e. The Morgan fingerprint density at radius 3 is 2.04 bits per heavy atom. The molecule has 0 bridgehead atoms. The topological polar surface area (TPSA) is 147 Å². The first-order chi connectivity index (χ1) is 11.5. The zero-order valence-electron chi connectivity index (χ0n) is 14.7. The maximum Gasteiger partial charge on any atom is 0.303 e. The summed E-state index contributed by atoms with van der Waals surface area (Å²) in [4.78, 5) is 19.3. The molecule has 0 saturated carbocycles. The van der Waals surface area contributed by atoms with Crippen molar-refractivity contribution >= 4 is 11.9 Å². The second-order valence-electron chi connectivity index (χ2n) is 6.48. The molecule has 1 atom stereocenters. The fraction of sp³-hybridized carbons (Fsp3) is 0.529. The van der Waals surface area contributed by atoms with E-state index in [1.807, 2.05) is 20.8 Å². The molecule has 25 heavy (non-hydrogen) atoms. The van der Waals surface area contributed by atoms with Crippen LogP contribution in [0, 0.1) is 0 Å². The minimum atomic E-state index is -1.08. The largest absolute Gasteiger partial charge is 0.508 e. The van der Waals surface area contributed by atoms with Crippen molar-refractivity contribution in [1.82, 2.24) is 5.32 Å². The van der Waals surface area contributed by atoms with E-state index in [-0.39, 0.29) is 30.7 Å². The molecule has 0 aromatic heterocycles. The number of phenols is 1.